The Morgan fingerprint density at radius 3 is 2.52 bits per heavy atom. The molecule has 0 aliphatic carbocycles. The number of nitrogens with one attached hydrogen (secondary N) is 1. The summed E-state index contributed by atoms with van der Waals surface area (Å²) in [6, 6.07) is 9.27. The number of H-pyrrole nitrogens is 1. The first-order valence-corrected chi connectivity index (χ1v) is 6.70. The van der Waals surface area contributed by atoms with Gasteiger partial charge in [0.2, 0.25) is 0 Å². The van der Waals surface area contributed by atoms with Crippen molar-refractivity contribution in [2.75, 3.05) is 11.6 Å². The van der Waals surface area contributed by atoms with Crippen LogP contribution in [-0.4, -0.2) is 22.3 Å². The van der Waals surface area contributed by atoms with E-state index >= 15 is 0 Å². The number of aromatic amines is 1. The van der Waals surface area contributed by atoms with Crippen LogP contribution < -0.4 is 16.3 Å². The molecule has 6 heteroatoms. The minimum Gasteiger partial charge on any atom is -0.292 e. The molecule has 1 aromatic heterocycles. The molecule has 0 spiro atoms. The molecule has 2 aromatic rings. The monoisotopic (exact) mass is 286 g/mol. The van der Waals surface area contributed by atoms with Gasteiger partial charge in [-0.3, -0.25) is 14.3 Å². The Labute approximate surface area is 122 Å². The summed E-state index contributed by atoms with van der Waals surface area (Å²) in [6.07, 6.45) is 1.69. The highest BCUT2D eigenvalue weighted by Crippen LogP contribution is 2.06. The van der Waals surface area contributed by atoms with Crippen LogP contribution in [0.2, 0.25) is 0 Å². The predicted octanol–water partition coefficient (Wildman–Crippen LogP) is 1.24. The molecule has 0 amide bonds. The average Bonchev–Trinajstić information content (AvgIpc) is 2.47. The van der Waals surface area contributed by atoms with Gasteiger partial charge in [-0.05, 0) is 19.4 Å². The second-order valence-corrected chi connectivity index (χ2v) is 4.73. The van der Waals surface area contributed by atoms with Crippen LogP contribution in [0, 0.1) is 6.92 Å². The molecule has 21 heavy (non-hydrogen) atoms. The second kappa shape index (κ2) is 6.21. The maximum atomic E-state index is 11.7. The molecular weight excluding hydrogens is 268 g/mol. The van der Waals surface area contributed by atoms with Crippen molar-refractivity contribution in [1.29, 1.82) is 0 Å². The van der Waals surface area contributed by atoms with E-state index in [-0.39, 0.29) is 5.56 Å². The van der Waals surface area contributed by atoms with Crippen LogP contribution in [0.3, 0.4) is 0 Å². The fourth-order valence-corrected chi connectivity index (χ4v) is 1.79. The quantitative estimate of drug-likeness (QED) is 0.679. The number of aryl methyl sites for hydroxylation is 1. The van der Waals surface area contributed by atoms with Crippen LogP contribution in [0.25, 0.3) is 0 Å². The summed E-state index contributed by atoms with van der Waals surface area (Å²) in [6.45, 7) is 4.44. The van der Waals surface area contributed by atoms with Gasteiger partial charge in [-0.2, -0.15) is 5.10 Å². The number of nitrogens with zero attached hydrogens (tertiary/aromatic N) is 3. The van der Waals surface area contributed by atoms with E-state index in [0.717, 1.165) is 10.1 Å². The standard InChI is InChI=1S/C15H18N4O2/c1-4-19(13-9-14(20)18(3)15(21)17-13)16-10-12-7-5-11(2)6-8-12/h5-10H,4H2,1-3H3,(H,17,21)/b16-10-. The van der Waals surface area contributed by atoms with E-state index in [4.69, 9.17) is 0 Å². The predicted molar refractivity (Wildman–Crippen MR) is 84.1 cm³/mol. The number of hydrogen-bond donors (Lipinski definition) is 1. The molecular formula is C15H18N4O2. The molecule has 110 valence electrons. The first-order chi connectivity index (χ1) is 10.0. The number of hydrogen-bond acceptors (Lipinski definition) is 4. The van der Waals surface area contributed by atoms with E-state index in [1.54, 1.807) is 11.2 Å². The molecule has 2 rings (SSSR count). The molecule has 0 bridgehead atoms. The Hall–Kier alpha value is -2.63. The summed E-state index contributed by atoms with van der Waals surface area (Å²) >= 11 is 0. The van der Waals surface area contributed by atoms with Gasteiger partial charge in [-0.15, -0.1) is 0 Å². The molecule has 0 aliphatic heterocycles. The van der Waals surface area contributed by atoms with Gasteiger partial charge in [0.05, 0.1) is 6.21 Å². The lowest BCUT2D eigenvalue weighted by Gasteiger charge is -2.16. The summed E-state index contributed by atoms with van der Waals surface area (Å²) in [4.78, 5) is 25.9. The zero-order valence-electron chi connectivity index (χ0n) is 12.3. The molecule has 0 atom stereocenters. The van der Waals surface area contributed by atoms with Crippen molar-refractivity contribution in [3.8, 4) is 0 Å². The molecule has 1 aromatic carbocycles. The summed E-state index contributed by atoms with van der Waals surface area (Å²) < 4.78 is 1.01. The highest BCUT2D eigenvalue weighted by Gasteiger charge is 2.06. The molecule has 1 N–H and O–H groups in total. The average molecular weight is 286 g/mol. The van der Waals surface area contributed by atoms with Crippen LogP contribution in [0.1, 0.15) is 18.1 Å². The van der Waals surface area contributed by atoms with Crippen LogP contribution in [0.5, 0.6) is 0 Å². The van der Waals surface area contributed by atoms with Crippen molar-refractivity contribution in [3.63, 3.8) is 0 Å². The van der Waals surface area contributed by atoms with Gasteiger partial charge in [0.15, 0.2) is 0 Å². The van der Waals surface area contributed by atoms with E-state index in [9.17, 15) is 9.59 Å². The van der Waals surface area contributed by atoms with Crippen molar-refractivity contribution < 1.29 is 0 Å². The van der Waals surface area contributed by atoms with E-state index in [1.165, 1.54) is 18.7 Å². The van der Waals surface area contributed by atoms with Crippen molar-refractivity contribution in [1.82, 2.24) is 9.55 Å². The van der Waals surface area contributed by atoms with Crippen molar-refractivity contribution >= 4 is 12.0 Å². The molecule has 0 saturated carbocycles. The smallest absolute Gasteiger partial charge is 0.292 e. The van der Waals surface area contributed by atoms with E-state index in [1.807, 2.05) is 38.1 Å². The number of rotatable bonds is 4. The lowest BCUT2D eigenvalue weighted by atomic mass is 10.2. The topological polar surface area (TPSA) is 70.5 Å². The minimum absolute atomic E-state index is 0.363. The van der Waals surface area contributed by atoms with Crippen molar-refractivity contribution in [2.24, 2.45) is 12.1 Å². The van der Waals surface area contributed by atoms with Crippen LogP contribution in [-0.2, 0) is 7.05 Å². The van der Waals surface area contributed by atoms with Crippen molar-refractivity contribution in [3.05, 3.63) is 62.3 Å². The second-order valence-electron chi connectivity index (χ2n) is 4.73. The minimum atomic E-state index is -0.457. The Kier molecular flexibility index (Phi) is 4.37. The number of benzene rings is 1. The van der Waals surface area contributed by atoms with E-state index in [0.29, 0.717) is 12.4 Å². The van der Waals surface area contributed by atoms with Crippen LogP contribution in [0.15, 0.2) is 45.0 Å². The first-order valence-electron chi connectivity index (χ1n) is 6.70. The highest BCUT2D eigenvalue weighted by atomic mass is 16.2. The summed E-state index contributed by atoms with van der Waals surface area (Å²) in [7, 11) is 1.43. The van der Waals surface area contributed by atoms with E-state index < -0.39 is 5.69 Å². The highest BCUT2D eigenvalue weighted by molar-refractivity contribution is 5.80. The largest absolute Gasteiger partial charge is 0.329 e. The third kappa shape index (κ3) is 3.47. The Balaban J connectivity index is 2.30. The molecule has 0 aliphatic rings. The summed E-state index contributed by atoms with van der Waals surface area (Å²) in [5.74, 6) is 0.383. The summed E-state index contributed by atoms with van der Waals surface area (Å²) in [5.41, 5.74) is 1.31. The van der Waals surface area contributed by atoms with E-state index in [2.05, 4.69) is 10.1 Å². The molecule has 0 radical (unpaired) electrons. The number of aromatic nitrogens is 2. The Bertz CT molecular complexity index is 725. The maximum absolute atomic E-state index is 11.7. The van der Waals surface area contributed by atoms with Gasteiger partial charge in [0.25, 0.3) is 5.56 Å². The maximum Gasteiger partial charge on any atom is 0.329 e. The third-order valence-corrected chi connectivity index (χ3v) is 3.13. The Morgan fingerprint density at radius 1 is 1.29 bits per heavy atom. The zero-order chi connectivity index (χ0) is 15.4. The van der Waals surface area contributed by atoms with Crippen LogP contribution >= 0.6 is 0 Å². The third-order valence-electron chi connectivity index (χ3n) is 3.13. The van der Waals surface area contributed by atoms with Gasteiger partial charge in [-0.25, -0.2) is 9.80 Å². The van der Waals surface area contributed by atoms with Gasteiger partial charge in [-0.1, -0.05) is 29.8 Å². The van der Waals surface area contributed by atoms with Crippen molar-refractivity contribution in [2.45, 2.75) is 13.8 Å². The molecule has 0 unspecified atom stereocenters. The fraction of sp³-hybridized carbons (Fsp3) is 0.267. The molecule has 0 saturated heterocycles. The lowest BCUT2D eigenvalue weighted by Crippen LogP contribution is -2.34. The number of anilines is 1. The number of hydrazone groups is 1. The summed E-state index contributed by atoms with van der Waals surface area (Å²) in [5, 5.41) is 5.89. The molecule has 0 fully saturated rings. The van der Waals surface area contributed by atoms with Gasteiger partial charge < -0.3 is 0 Å². The van der Waals surface area contributed by atoms with Gasteiger partial charge in [0, 0.05) is 19.7 Å². The fourth-order valence-electron chi connectivity index (χ4n) is 1.79. The lowest BCUT2D eigenvalue weighted by molar-refractivity contribution is 0.756. The first kappa shape index (κ1) is 14.8. The SMILES string of the molecule is CCN(/N=C\c1ccc(C)cc1)c1cc(=O)n(C)c(=O)[nH]1. The van der Waals surface area contributed by atoms with Gasteiger partial charge in [0.1, 0.15) is 5.82 Å². The Morgan fingerprint density at radius 2 is 1.95 bits per heavy atom. The zero-order valence-corrected chi connectivity index (χ0v) is 12.3. The molecule has 6 nitrogen and oxygen atoms in total. The normalized spacial score (nSPS) is 11.0. The van der Waals surface area contributed by atoms with Crippen LogP contribution in [0.4, 0.5) is 5.82 Å². The van der Waals surface area contributed by atoms with Gasteiger partial charge >= 0.3 is 5.69 Å². The molecule has 1 heterocycles.